The Balaban J connectivity index is 0.000000261. The van der Waals surface area contributed by atoms with E-state index in [0.717, 1.165) is 24.9 Å². The molecular weight excluding hydrogens is 148 g/mol. The number of nitrogens with two attached hydrogens (primary N) is 1. The van der Waals surface area contributed by atoms with Crippen LogP contribution in [0.2, 0.25) is 0 Å². The predicted molar refractivity (Wildman–Crippen MR) is 55.2 cm³/mol. The molecule has 1 saturated heterocycles. The van der Waals surface area contributed by atoms with E-state index in [1.807, 2.05) is 0 Å². The van der Waals surface area contributed by atoms with E-state index in [1.54, 1.807) is 0 Å². The second kappa shape index (κ2) is 7.56. The lowest BCUT2D eigenvalue weighted by Gasteiger charge is -2.26. The van der Waals surface area contributed by atoms with Gasteiger partial charge in [0, 0.05) is 6.04 Å². The molecule has 1 fully saturated rings. The average Bonchev–Trinajstić information content (AvgIpc) is 2.11. The molecule has 3 N–H and O–H groups in total. The van der Waals surface area contributed by atoms with Crippen molar-refractivity contribution in [3.05, 3.63) is 0 Å². The van der Waals surface area contributed by atoms with Crippen LogP contribution in [0.3, 0.4) is 0 Å². The Morgan fingerprint density at radius 1 is 1.42 bits per heavy atom. The highest BCUT2D eigenvalue weighted by molar-refractivity contribution is 4.73. The van der Waals surface area contributed by atoms with E-state index >= 15 is 0 Å². The van der Waals surface area contributed by atoms with E-state index < -0.39 is 0 Å². The third kappa shape index (κ3) is 5.56. The van der Waals surface area contributed by atoms with Crippen LogP contribution >= 0.6 is 0 Å². The average molecular weight is 172 g/mol. The maximum absolute atomic E-state index is 5.03. The summed E-state index contributed by atoms with van der Waals surface area (Å²) in [5.74, 6) is 0.892. The van der Waals surface area contributed by atoms with Gasteiger partial charge in [0.25, 0.3) is 0 Å². The van der Waals surface area contributed by atoms with Gasteiger partial charge < -0.3 is 11.1 Å². The van der Waals surface area contributed by atoms with Crippen LogP contribution < -0.4 is 11.1 Å². The zero-order chi connectivity index (χ0) is 9.40. The van der Waals surface area contributed by atoms with Crippen LogP contribution in [0.25, 0.3) is 0 Å². The van der Waals surface area contributed by atoms with Gasteiger partial charge in [-0.05, 0) is 45.2 Å². The van der Waals surface area contributed by atoms with Gasteiger partial charge >= 0.3 is 0 Å². The summed E-state index contributed by atoms with van der Waals surface area (Å²) in [5.41, 5.74) is 5.03. The van der Waals surface area contributed by atoms with Crippen LogP contribution in [0, 0.1) is 5.92 Å². The molecular formula is C10H24N2. The number of piperidine rings is 1. The first-order valence-electron chi connectivity index (χ1n) is 5.15. The molecule has 0 bridgehead atoms. The summed E-state index contributed by atoms with van der Waals surface area (Å²) in [5, 5.41) is 3.43. The molecule has 0 saturated carbocycles. The number of rotatable bonds is 1. The van der Waals surface area contributed by atoms with Crippen molar-refractivity contribution in [2.24, 2.45) is 11.7 Å². The van der Waals surface area contributed by atoms with Crippen LogP contribution in [-0.4, -0.2) is 19.1 Å². The molecule has 0 aromatic heterocycles. The maximum Gasteiger partial charge on any atom is 0.00643 e. The highest BCUT2D eigenvalue weighted by Crippen LogP contribution is 2.13. The fourth-order valence-corrected chi connectivity index (χ4v) is 1.20. The molecule has 0 amide bonds. The van der Waals surface area contributed by atoms with E-state index in [2.05, 4.69) is 26.1 Å². The van der Waals surface area contributed by atoms with Crippen LogP contribution in [-0.2, 0) is 0 Å². The molecule has 2 heteroatoms. The molecule has 1 aliphatic rings. The molecule has 2 unspecified atom stereocenters. The first-order valence-corrected chi connectivity index (χ1v) is 5.15. The van der Waals surface area contributed by atoms with Gasteiger partial charge in [-0.1, -0.05) is 13.8 Å². The molecule has 1 aliphatic heterocycles. The molecule has 12 heavy (non-hydrogen) atoms. The SMILES string of the molecule is CC1CCCNC1C.CCCN. The largest absolute Gasteiger partial charge is 0.330 e. The van der Waals surface area contributed by atoms with E-state index in [0.29, 0.717) is 0 Å². The predicted octanol–water partition coefficient (Wildman–Crippen LogP) is 1.75. The zero-order valence-corrected chi connectivity index (χ0v) is 8.77. The van der Waals surface area contributed by atoms with Crippen molar-refractivity contribution in [1.29, 1.82) is 0 Å². The highest BCUT2D eigenvalue weighted by Gasteiger charge is 2.14. The lowest BCUT2D eigenvalue weighted by Crippen LogP contribution is -2.37. The second-order valence-corrected chi connectivity index (χ2v) is 3.65. The van der Waals surface area contributed by atoms with Gasteiger partial charge in [0.2, 0.25) is 0 Å². The summed E-state index contributed by atoms with van der Waals surface area (Å²) in [6.45, 7) is 8.69. The molecule has 1 rings (SSSR count). The number of nitrogens with one attached hydrogen (secondary N) is 1. The molecule has 2 nitrogen and oxygen atoms in total. The molecule has 0 radical (unpaired) electrons. The van der Waals surface area contributed by atoms with Gasteiger partial charge in [-0.25, -0.2) is 0 Å². The minimum Gasteiger partial charge on any atom is -0.330 e. The van der Waals surface area contributed by atoms with Crippen molar-refractivity contribution in [1.82, 2.24) is 5.32 Å². The number of hydrogen-bond acceptors (Lipinski definition) is 2. The molecule has 74 valence electrons. The van der Waals surface area contributed by atoms with E-state index in [-0.39, 0.29) is 0 Å². The fraction of sp³-hybridized carbons (Fsp3) is 1.00. The van der Waals surface area contributed by atoms with Gasteiger partial charge in [-0.2, -0.15) is 0 Å². The van der Waals surface area contributed by atoms with Crippen LogP contribution in [0.4, 0.5) is 0 Å². The van der Waals surface area contributed by atoms with Crippen LogP contribution in [0.5, 0.6) is 0 Å². The van der Waals surface area contributed by atoms with Gasteiger partial charge in [0.1, 0.15) is 0 Å². The molecule has 2 atom stereocenters. The molecule has 0 aliphatic carbocycles. The lowest BCUT2D eigenvalue weighted by atomic mass is 9.94. The first-order chi connectivity index (χ1) is 5.72. The van der Waals surface area contributed by atoms with Crippen molar-refractivity contribution in [2.45, 2.75) is 46.1 Å². The number of hydrogen-bond donors (Lipinski definition) is 2. The van der Waals surface area contributed by atoms with Crippen LogP contribution in [0.1, 0.15) is 40.0 Å². The summed E-state index contributed by atoms with van der Waals surface area (Å²) in [4.78, 5) is 0. The molecule has 0 aromatic carbocycles. The smallest absolute Gasteiger partial charge is 0.00643 e. The molecule has 0 aromatic rings. The Kier molecular flexibility index (Phi) is 7.51. The van der Waals surface area contributed by atoms with E-state index in [9.17, 15) is 0 Å². The molecule has 1 heterocycles. The van der Waals surface area contributed by atoms with E-state index in [1.165, 1.54) is 19.4 Å². The molecule has 0 spiro atoms. The second-order valence-electron chi connectivity index (χ2n) is 3.65. The summed E-state index contributed by atoms with van der Waals surface area (Å²) in [7, 11) is 0. The van der Waals surface area contributed by atoms with Gasteiger partial charge in [-0.15, -0.1) is 0 Å². The lowest BCUT2D eigenvalue weighted by molar-refractivity contribution is 0.319. The maximum atomic E-state index is 5.03. The Morgan fingerprint density at radius 2 is 2.00 bits per heavy atom. The van der Waals surface area contributed by atoms with Crippen LogP contribution in [0.15, 0.2) is 0 Å². The summed E-state index contributed by atoms with van der Waals surface area (Å²) < 4.78 is 0. The van der Waals surface area contributed by atoms with E-state index in [4.69, 9.17) is 5.73 Å². The summed E-state index contributed by atoms with van der Waals surface area (Å²) in [6.07, 6.45) is 3.87. The van der Waals surface area contributed by atoms with Gasteiger partial charge in [0.15, 0.2) is 0 Å². The Morgan fingerprint density at radius 3 is 2.25 bits per heavy atom. The Labute approximate surface area is 76.9 Å². The Hall–Kier alpha value is -0.0800. The normalized spacial score (nSPS) is 29.0. The van der Waals surface area contributed by atoms with Crippen molar-refractivity contribution in [3.63, 3.8) is 0 Å². The fourth-order valence-electron chi connectivity index (χ4n) is 1.20. The zero-order valence-electron chi connectivity index (χ0n) is 8.77. The highest BCUT2D eigenvalue weighted by atomic mass is 14.9. The van der Waals surface area contributed by atoms with Crippen molar-refractivity contribution in [3.8, 4) is 0 Å². The minimum atomic E-state index is 0.753. The van der Waals surface area contributed by atoms with Gasteiger partial charge in [-0.3, -0.25) is 0 Å². The first kappa shape index (κ1) is 11.9. The standard InChI is InChI=1S/C7H15N.C3H9N/c1-6-4-3-5-8-7(6)2;1-2-3-4/h6-8H,3-5H2,1-2H3;2-4H2,1H3. The summed E-state index contributed by atoms with van der Waals surface area (Å²) in [6, 6.07) is 0.753. The third-order valence-corrected chi connectivity index (χ3v) is 2.44. The van der Waals surface area contributed by atoms with Crippen molar-refractivity contribution < 1.29 is 0 Å². The minimum absolute atomic E-state index is 0.753. The third-order valence-electron chi connectivity index (χ3n) is 2.44. The van der Waals surface area contributed by atoms with Gasteiger partial charge in [0.05, 0.1) is 0 Å². The Bertz CT molecular complexity index is 81.8. The monoisotopic (exact) mass is 172 g/mol. The topological polar surface area (TPSA) is 38.0 Å². The quantitative estimate of drug-likeness (QED) is 0.632. The summed E-state index contributed by atoms with van der Waals surface area (Å²) >= 11 is 0. The van der Waals surface area contributed by atoms with Crippen molar-refractivity contribution >= 4 is 0 Å². The van der Waals surface area contributed by atoms with Crippen molar-refractivity contribution in [2.75, 3.05) is 13.1 Å².